The van der Waals surface area contributed by atoms with Gasteiger partial charge in [-0.05, 0) is 25.7 Å². The van der Waals surface area contributed by atoms with Crippen LogP contribution in [0.4, 0.5) is 0 Å². The van der Waals surface area contributed by atoms with Crippen molar-refractivity contribution in [3.8, 4) is 0 Å². The van der Waals surface area contributed by atoms with Gasteiger partial charge in [-0.1, -0.05) is 129 Å². The Morgan fingerprint density at radius 3 is 1.00 bits per heavy atom. The van der Waals surface area contributed by atoms with Crippen molar-refractivity contribution in [1.29, 1.82) is 0 Å². The van der Waals surface area contributed by atoms with E-state index in [1.54, 1.807) is 0 Å². The van der Waals surface area contributed by atoms with Gasteiger partial charge in [-0.2, -0.15) is 0 Å². The molecule has 0 aromatic carbocycles. The van der Waals surface area contributed by atoms with Gasteiger partial charge in [0.1, 0.15) is 0 Å². The first kappa shape index (κ1) is 29.9. The Morgan fingerprint density at radius 1 is 0.433 bits per heavy atom. The zero-order valence-corrected chi connectivity index (χ0v) is 21.2. The summed E-state index contributed by atoms with van der Waals surface area (Å²) in [5, 5.41) is 0. The molecule has 0 unspecified atom stereocenters. The standard InChI is InChI=1S/C24H50O.C4H8O/c1-3-5-7-9-11-13-15-17-19-21-23-25-24-22-20-18-16-14-12-10-8-6-4-2;1-2-4-5-3-1/h3-24H2,1-2H3;1-4H2. The molecule has 0 bridgehead atoms. The van der Waals surface area contributed by atoms with Crippen molar-refractivity contribution in [2.75, 3.05) is 26.4 Å². The van der Waals surface area contributed by atoms with Gasteiger partial charge in [-0.3, -0.25) is 0 Å². The smallest absolute Gasteiger partial charge is 0.0466 e. The van der Waals surface area contributed by atoms with Crippen LogP contribution >= 0.6 is 0 Å². The summed E-state index contributed by atoms with van der Waals surface area (Å²) in [4.78, 5) is 0. The van der Waals surface area contributed by atoms with E-state index in [-0.39, 0.29) is 0 Å². The molecule has 1 fully saturated rings. The highest BCUT2D eigenvalue weighted by molar-refractivity contribution is 4.49. The van der Waals surface area contributed by atoms with Crippen LogP contribution in [0.25, 0.3) is 0 Å². The van der Waals surface area contributed by atoms with E-state index in [1.165, 1.54) is 141 Å². The molecule has 30 heavy (non-hydrogen) atoms. The molecule has 1 saturated heterocycles. The van der Waals surface area contributed by atoms with Crippen molar-refractivity contribution in [3.63, 3.8) is 0 Å². The monoisotopic (exact) mass is 426 g/mol. The highest BCUT2D eigenvalue weighted by atomic mass is 16.5. The van der Waals surface area contributed by atoms with E-state index in [0.717, 1.165) is 26.4 Å². The Bertz CT molecular complexity index is 246. The molecule has 0 amide bonds. The van der Waals surface area contributed by atoms with Gasteiger partial charge in [0, 0.05) is 26.4 Å². The van der Waals surface area contributed by atoms with Crippen LogP contribution in [0.5, 0.6) is 0 Å². The fourth-order valence-corrected chi connectivity index (χ4v) is 4.00. The predicted molar refractivity (Wildman–Crippen MR) is 135 cm³/mol. The van der Waals surface area contributed by atoms with Crippen LogP contribution in [0.1, 0.15) is 155 Å². The summed E-state index contributed by atoms with van der Waals surface area (Å²) in [7, 11) is 0. The third kappa shape index (κ3) is 27.9. The van der Waals surface area contributed by atoms with Gasteiger partial charge < -0.3 is 9.47 Å². The molecular formula is C28H58O2. The summed E-state index contributed by atoms with van der Waals surface area (Å²) in [6.07, 6.45) is 30.7. The molecule has 1 rings (SSSR count). The largest absolute Gasteiger partial charge is 0.381 e. The van der Waals surface area contributed by atoms with Gasteiger partial charge in [-0.25, -0.2) is 0 Å². The molecule has 0 spiro atoms. The lowest BCUT2D eigenvalue weighted by Crippen LogP contribution is -1.97. The molecular weight excluding hydrogens is 368 g/mol. The van der Waals surface area contributed by atoms with Crippen molar-refractivity contribution in [3.05, 3.63) is 0 Å². The normalized spacial score (nSPS) is 13.4. The zero-order valence-electron chi connectivity index (χ0n) is 21.2. The van der Waals surface area contributed by atoms with E-state index in [0.29, 0.717) is 0 Å². The highest BCUT2D eigenvalue weighted by Crippen LogP contribution is 2.12. The first-order valence-electron chi connectivity index (χ1n) is 14.1. The summed E-state index contributed by atoms with van der Waals surface area (Å²) >= 11 is 0. The highest BCUT2D eigenvalue weighted by Gasteiger charge is 1.96. The predicted octanol–water partition coefficient (Wildman–Crippen LogP) is 9.64. The maximum atomic E-state index is 5.78. The molecule has 2 heteroatoms. The van der Waals surface area contributed by atoms with E-state index in [1.807, 2.05) is 0 Å². The van der Waals surface area contributed by atoms with Crippen LogP contribution in [-0.2, 0) is 9.47 Å². The number of hydrogen-bond acceptors (Lipinski definition) is 2. The molecule has 0 aliphatic carbocycles. The summed E-state index contributed by atoms with van der Waals surface area (Å²) in [5.41, 5.74) is 0. The van der Waals surface area contributed by atoms with Gasteiger partial charge in [0.25, 0.3) is 0 Å². The van der Waals surface area contributed by atoms with Crippen molar-refractivity contribution in [2.45, 2.75) is 155 Å². The van der Waals surface area contributed by atoms with Crippen LogP contribution in [0, 0.1) is 0 Å². The third-order valence-electron chi connectivity index (χ3n) is 6.11. The maximum absolute atomic E-state index is 5.78. The van der Waals surface area contributed by atoms with E-state index in [9.17, 15) is 0 Å². The fourth-order valence-electron chi connectivity index (χ4n) is 4.00. The molecule has 1 aliphatic rings. The minimum absolute atomic E-state index is 0.994. The van der Waals surface area contributed by atoms with Crippen LogP contribution in [0.3, 0.4) is 0 Å². The van der Waals surface area contributed by atoms with Gasteiger partial charge in [-0.15, -0.1) is 0 Å². The quantitative estimate of drug-likeness (QED) is 0.160. The topological polar surface area (TPSA) is 18.5 Å². The first-order chi connectivity index (χ1) is 14.9. The summed E-state index contributed by atoms with van der Waals surface area (Å²) < 4.78 is 10.7. The second-order valence-electron chi connectivity index (χ2n) is 9.30. The van der Waals surface area contributed by atoms with E-state index < -0.39 is 0 Å². The van der Waals surface area contributed by atoms with Crippen molar-refractivity contribution >= 4 is 0 Å². The summed E-state index contributed by atoms with van der Waals surface area (Å²) in [6.45, 7) is 8.57. The van der Waals surface area contributed by atoms with Crippen LogP contribution < -0.4 is 0 Å². The molecule has 1 aliphatic heterocycles. The fraction of sp³-hybridized carbons (Fsp3) is 1.00. The Morgan fingerprint density at radius 2 is 0.733 bits per heavy atom. The lowest BCUT2D eigenvalue weighted by molar-refractivity contribution is 0.125. The Hall–Kier alpha value is -0.0800. The second kappa shape index (κ2) is 28.9. The summed E-state index contributed by atoms with van der Waals surface area (Å²) in [5.74, 6) is 0. The molecule has 2 nitrogen and oxygen atoms in total. The number of unbranched alkanes of at least 4 members (excludes halogenated alkanes) is 18. The maximum Gasteiger partial charge on any atom is 0.0466 e. The molecule has 182 valence electrons. The minimum Gasteiger partial charge on any atom is -0.381 e. The Kier molecular flexibility index (Phi) is 28.8. The van der Waals surface area contributed by atoms with Crippen molar-refractivity contribution < 1.29 is 9.47 Å². The average Bonchev–Trinajstić information content (AvgIpc) is 3.35. The molecule has 0 aromatic rings. The molecule has 0 N–H and O–H groups in total. The Labute approximate surface area is 191 Å². The van der Waals surface area contributed by atoms with Crippen molar-refractivity contribution in [2.24, 2.45) is 0 Å². The van der Waals surface area contributed by atoms with Crippen molar-refractivity contribution in [1.82, 2.24) is 0 Å². The third-order valence-corrected chi connectivity index (χ3v) is 6.11. The van der Waals surface area contributed by atoms with Gasteiger partial charge in [0.2, 0.25) is 0 Å². The summed E-state index contributed by atoms with van der Waals surface area (Å²) in [6, 6.07) is 0. The molecule has 1 heterocycles. The molecule has 0 radical (unpaired) electrons. The number of hydrogen-bond donors (Lipinski definition) is 0. The van der Waals surface area contributed by atoms with Crippen LogP contribution in [-0.4, -0.2) is 26.4 Å². The van der Waals surface area contributed by atoms with Gasteiger partial charge >= 0.3 is 0 Å². The van der Waals surface area contributed by atoms with Crippen LogP contribution in [0.2, 0.25) is 0 Å². The SMILES string of the molecule is C1CCOC1.CCCCCCCCCCCCOCCCCCCCCCCCC. The molecule has 0 saturated carbocycles. The zero-order chi connectivity index (χ0) is 21.8. The number of rotatable bonds is 22. The van der Waals surface area contributed by atoms with E-state index in [4.69, 9.17) is 9.47 Å². The first-order valence-corrected chi connectivity index (χ1v) is 14.1. The Balaban J connectivity index is 0.00000145. The van der Waals surface area contributed by atoms with E-state index >= 15 is 0 Å². The molecule has 0 aromatic heterocycles. The second-order valence-corrected chi connectivity index (χ2v) is 9.30. The number of ether oxygens (including phenoxy) is 2. The van der Waals surface area contributed by atoms with Gasteiger partial charge in [0.15, 0.2) is 0 Å². The molecule has 0 atom stereocenters. The van der Waals surface area contributed by atoms with Crippen LogP contribution in [0.15, 0.2) is 0 Å². The minimum atomic E-state index is 0.994. The van der Waals surface area contributed by atoms with E-state index in [2.05, 4.69) is 13.8 Å². The average molecular weight is 427 g/mol. The van der Waals surface area contributed by atoms with Gasteiger partial charge in [0.05, 0.1) is 0 Å². The lowest BCUT2D eigenvalue weighted by Gasteiger charge is -2.05. The lowest BCUT2D eigenvalue weighted by atomic mass is 10.1.